The zero-order chi connectivity index (χ0) is 13.6. The van der Waals surface area contributed by atoms with E-state index in [2.05, 4.69) is 13.6 Å². The van der Waals surface area contributed by atoms with Crippen LogP contribution in [0.1, 0.15) is 0 Å². The van der Waals surface area contributed by atoms with E-state index in [0.717, 1.165) is 0 Å². The summed E-state index contributed by atoms with van der Waals surface area (Å²) in [5.41, 5.74) is 0. The molecule has 0 saturated heterocycles. The van der Waals surface area contributed by atoms with Gasteiger partial charge in [0.2, 0.25) is 0 Å². The van der Waals surface area contributed by atoms with Crippen LogP contribution in [0.2, 0.25) is 0 Å². The summed E-state index contributed by atoms with van der Waals surface area (Å²) in [7, 11) is -2.21. The summed E-state index contributed by atoms with van der Waals surface area (Å²) < 4.78 is 46.5. The lowest BCUT2D eigenvalue weighted by atomic mass is 10.3. The highest BCUT2D eigenvalue weighted by molar-refractivity contribution is 7.48. The standard InChI is InChI=1S/C9H13O7P2/c1-12-17(10)15-8-5-4-6-9(7-8)16-18(11,13-2)14-3/h4-7H,1-3H3/q+1. The van der Waals surface area contributed by atoms with Gasteiger partial charge in [0.1, 0.15) is 5.75 Å². The molecule has 0 fully saturated rings. The zero-order valence-electron chi connectivity index (χ0n) is 10.1. The number of phosphoric acid groups is 1. The van der Waals surface area contributed by atoms with Crippen LogP contribution < -0.4 is 9.05 Å². The summed E-state index contributed by atoms with van der Waals surface area (Å²) in [6.45, 7) is 0. The van der Waals surface area contributed by atoms with Gasteiger partial charge in [-0.05, 0) is 12.1 Å². The molecule has 0 saturated carbocycles. The van der Waals surface area contributed by atoms with Crippen LogP contribution in [0.25, 0.3) is 0 Å². The van der Waals surface area contributed by atoms with Gasteiger partial charge in [-0.15, -0.1) is 4.52 Å². The van der Waals surface area contributed by atoms with Crippen LogP contribution in [0, 0.1) is 0 Å². The highest BCUT2D eigenvalue weighted by atomic mass is 31.2. The van der Waals surface area contributed by atoms with Crippen molar-refractivity contribution in [3.8, 4) is 11.5 Å². The number of rotatable bonds is 7. The Labute approximate surface area is 106 Å². The molecule has 1 unspecified atom stereocenters. The maximum Gasteiger partial charge on any atom is 0.749 e. The van der Waals surface area contributed by atoms with Crippen molar-refractivity contribution >= 4 is 16.1 Å². The first-order chi connectivity index (χ1) is 8.53. The van der Waals surface area contributed by atoms with E-state index in [9.17, 15) is 9.13 Å². The molecule has 1 atom stereocenters. The Hall–Kier alpha value is -0.970. The third kappa shape index (κ3) is 4.37. The molecule has 1 rings (SSSR count). The summed E-state index contributed by atoms with van der Waals surface area (Å²) in [4.78, 5) is 0. The van der Waals surface area contributed by atoms with Gasteiger partial charge in [0, 0.05) is 24.9 Å². The average molecular weight is 295 g/mol. The van der Waals surface area contributed by atoms with Crippen molar-refractivity contribution in [1.82, 2.24) is 0 Å². The number of hydrogen-bond acceptors (Lipinski definition) is 7. The fourth-order valence-corrected chi connectivity index (χ4v) is 2.02. The van der Waals surface area contributed by atoms with E-state index in [4.69, 9.17) is 9.05 Å². The minimum atomic E-state index is -3.62. The van der Waals surface area contributed by atoms with Crippen LogP contribution in [-0.2, 0) is 22.7 Å². The molecule has 0 N–H and O–H groups in total. The van der Waals surface area contributed by atoms with E-state index in [1.807, 2.05) is 0 Å². The maximum absolute atomic E-state index is 11.7. The topological polar surface area (TPSA) is 80.3 Å². The van der Waals surface area contributed by atoms with Gasteiger partial charge in [0.25, 0.3) is 0 Å². The molecule has 0 spiro atoms. The normalized spacial score (nSPS) is 12.1. The molecule has 0 aliphatic carbocycles. The van der Waals surface area contributed by atoms with Crippen molar-refractivity contribution in [1.29, 1.82) is 0 Å². The van der Waals surface area contributed by atoms with Crippen LogP contribution >= 0.6 is 16.1 Å². The summed E-state index contributed by atoms with van der Waals surface area (Å²) in [5, 5.41) is 0. The van der Waals surface area contributed by atoms with Crippen molar-refractivity contribution < 1.29 is 31.7 Å². The summed E-state index contributed by atoms with van der Waals surface area (Å²) >= 11 is 0. The fourth-order valence-electron chi connectivity index (χ4n) is 0.989. The lowest BCUT2D eigenvalue weighted by Gasteiger charge is -2.13. The van der Waals surface area contributed by atoms with Crippen molar-refractivity contribution in [2.24, 2.45) is 0 Å². The molecular weight excluding hydrogens is 282 g/mol. The maximum atomic E-state index is 11.7. The number of benzene rings is 1. The smallest absolute Gasteiger partial charge is 0.404 e. The van der Waals surface area contributed by atoms with Crippen molar-refractivity contribution in [3.63, 3.8) is 0 Å². The van der Waals surface area contributed by atoms with E-state index >= 15 is 0 Å². The minimum absolute atomic E-state index is 0.194. The van der Waals surface area contributed by atoms with Gasteiger partial charge < -0.3 is 4.52 Å². The van der Waals surface area contributed by atoms with E-state index in [0.29, 0.717) is 0 Å². The van der Waals surface area contributed by atoms with Gasteiger partial charge in [-0.3, -0.25) is 9.05 Å². The first-order valence-corrected chi connectivity index (χ1v) is 7.29. The molecule has 0 amide bonds. The number of phosphoric ester groups is 1. The molecule has 0 aliphatic heterocycles. The summed E-state index contributed by atoms with van der Waals surface area (Å²) in [6, 6.07) is 6.02. The highest BCUT2D eigenvalue weighted by Crippen LogP contribution is 2.48. The van der Waals surface area contributed by atoms with Crippen molar-refractivity contribution in [2.75, 3.05) is 21.3 Å². The quantitative estimate of drug-likeness (QED) is 0.715. The first kappa shape index (κ1) is 15.1. The van der Waals surface area contributed by atoms with Crippen LogP contribution in [0.5, 0.6) is 11.5 Å². The average Bonchev–Trinajstić information content (AvgIpc) is 2.38. The Bertz CT molecular complexity index is 454. The SMILES string of the molecule is CO[P+](=O)Oc1cccc(OP(=O)(OC)OC)c1. The molecule has 100 valence electrons. The van der Waals surface area contributed by atoms with E-state index < -0.39 is 16.1 Å². The van der Waals surface area contributed by atoms with Crippen LogP contribution in [-0.4, -0.2) is 21.3 Å². The monoisotopic (exact) mass is 295 g/mol. The molecule has 7 nitrogen and oxygen atoms in total. The van der Waals surface area contributed by atoms with Gasteiger partial charge in [0.15, 0.2) is 5.75 Å². The third-order valence-corrected chi connectivity index (χ3v) is 3.79. The second kappa shape index (κ2) is 6.83. The van der Waals surface area contributed by atoms with Gasteiger partial charge >= 0.3 is 16.1 Å². The summed E-state index contributed by atoms with van der Waals surface area (Å²) in [5.74, 6) is 0.438. The Morgan fingerprint density at radius 3 is 2.28 bits per heavy atom. The van der Waals surface area contributed by atoms with Crippen LogP contribution in [0.15, 0.2) is 24.3 Å². The van der Waals surface area contributed by atoms with Gasteiger partial charge in [-0.25, -0.2) is 9.09 Å². The van der Waals surface area contributed by atoms with Gasteiger partial charge in [-0.2, -0.15) is 0 Å². The van der Waals surface area contributed by atoms with E-state index in [1.165, 1.54) is 33.5 Å². The molecule has 1 aromatic rings. The molecule has 0 bridgehead atoms. The first-order valence-electron chi connectivity index (χ1n) is 4.73. The predicted molar refractivity (Wildman–Crippen MR) is 63.9 cm³/mol. The lowest BCUT2D eigenvalue weighted by Crippen LogP contribution is -1.97. The molecule has 0 aliphatic rings. The van der Waals surface area contributed by atoms with Crippen molar-refractivity contribution in [3.05, 3.63) is 24.3 Å². The van der Waals surface area contributed by atoms with Crippen molar-refractivity contribution in [2.45, 2.75) is 0 Å². The van der Waals surface area contributed by atoms with Gasteiger partial charge in [-0.1, -0.05) is 6.07 Å². The Morgan fingerprint density at radius 2 is 1.72 bits per heavy atom. The van der Waals surface area contributed by atoms with E-state index in [1.54, 1.807) is 12.1 Å². The molecule has 0 heterocycles. The van der Waals surface area contributed by atoms with Gasteiger partial charge in [0.05, 0.1) is 7.11 Å². The second-order valence-electron chi connectivity index (χ2n) is 2.88. The van der Waals surface area contributed by atoms with E-state index in [-0.39, 0.29) is 11.5 Å². The zero-order valence-corrected chi connectivity index (χ0v) is 11.9. The number of hydrogen-bond donors (Lipinski definition) is 0. The molecule has 0 aromatic heterocycles. The highest BCUT2D eigenvalue weighted by Gasteiger charge is 2.25. The fraction of sp³-hybridized carbons (Fsp3) is 0.333. The molecule has 9 heteroatoms. The lowest BCUT2D eigenvalue weighted by molar-refractivity contribution is 0.211. The Morgan fingerprint density at radius 1 is 1.11 bits per heavy atom. The molecule has 1 aromatic carbocycles. The molecule has 18 heavy (non-hydrogen) atoms. The third-order valence-electron chi connectivity index (χ3n) is 1.80. The predicted octanol–water partition coefficient (Wildman–Crippen LogP) is 3.15. The second-order valence-corrected chi connectivity index (χ2v) is 5.68. The Kier molecular flexibility index (Phi) is 5.72. The molecule has 0 radical (unpaired) electrons. The minimum Gasteiger partial charge on any atom is -0.404 e. The largest absolute Gasteiger partial charge is 0.749 e. The Balaban J connectivity index is 2.82. The van der Waals surface area contributed by atoms with Crippen LogP contribution in [0.4, 0.5) is 0 Å². The molecular formula is C9H13O7P2+. The van der Waals surface area contributed by atoms with Crippen LogP contribution in [0.3, 0.4) is 0 Å². The summed E-state index contributed by atoms with van der Waals surface area (Å²) in [6.07, 6.45) is 0.